The molecule has 4 heteroatoms. The minimum Gasteiger partial charge on any atom is -0.361 e. The van der Waals surface area contributed by atoms with Crippen LogP contribution in [0.4, 0.5) is 5.69 Å². The van der Waals surface area contributed by atoms with Crippen molar-refractivity contribution in [3.63, 3.8) is 0 Å². The zero-order valence-corrected chi connectivity index (χ0v) is 11.1. The Hall–Kier alpha value is -1.81. The van der Waals surface area contributed by atoms with E-state index in [1.165, 1.54) is 0 Å². The molecule has 1 aliphatic rings. The second-order valence-corrected chi connectivity index (χ2v) is 5.07. The Morgan fingerprint density at radius 2 is 1.83 bits per heavy atom. The molecular formula is C14H11BrN2O. The van der Waals surface area contributed by atoms with Crippen molar-refractivity contribution in [2.45, 2.75) is 6.17 Å². The van der Waals surface area contributed by atoms with Gasteiger partial charge in [0.05, 0.1) is 5.56 Å². The van der Waals surface area contributed by atoms with Crippen molar-refractivity contribution in [1.82, 2.24) is 5.32 Å². The van der Waals surface area contributed by atoms with E-state index in [1.807, 2.05) is 48.5 Å². The van der Waals surface area contributed by atoms with Gasteiger partial charge in [-0.1, -0.05) is 40.2 Å². The number of benzene rings is 2. The first-order chi connectivity index (χ1) is 8.74. The lowest BCUT2D eigenvalue weighted by Crippen LogP contribution is -2.38. The Morgan fingerprint density at radius 1 is 1.00 bits per heavy atom. The second-order valence-electron chi connectivity index (χ2n) is 4.15. The molecule has 0 radical (unpaired) electrons. The quantitative estimate of drug-likeness (QED) is 0.848. The first kappa shape index (κ1) is 11.3. The smallest absolute Gasteiger partial charge is 0.255 e. The highest BCUT2D eigenvalue weighted by atomic mass is 79.9. The number of halogens is 1. The van der Waals surface area contributed by atoms with E-state index in [2.05, 4.69) is 26.6 Å². The van der Waals surface area contributed by atoms with Gasteiger partial charge in [-0.2, -0.15) is 0 Å². The number of hydrogen-bond acceptors (Lipinski definition) is 2. The summed E-state index contributed by atoms with van der Waals surface area (Å²) in [5.41, 5.74) is 2.57. The summed E-state index contributed by atoms with van der Waals surface area (Å²) < 4.78 is 0.995. The molecule has 1 atom stereocenters. The summed E-state index contributed by atoms with van der Waals surface area (Å²) in [6.07, 6.45) is -0.190. The van der Waals surface area contributed by atoms with Crippen molar-refractivity contribution >= 4 is 27.5 Å². The molecule has 1 unspecified atom stereocenters. The maximum atomic E-state index is 12.0. The molecule has 1 aliphatic heterocycles. The van der Waals surface area contributed by atoms with Crippen molar-refractivity contribution in [1.29, 1.82) is 0 Å². The van der Waals surface area contributed by atoms with Crippen LogP contribution in [0, 0.1) is 0 Å². The summed E-state index contributed by atoms with van der Waals surface area (Å²) in [6, 6.07) is 15.4. The summed E-state index contributed by atoms with van der Waals surface area (Å²) in [4.78, 5) is 12.0. The second kappa shape index (κ2) is 4.46. The molecule has 90 valence electrons. The van der Waals surface area contributed by atoms with Crippen LogP contribution in [0.1, 0.15) is 22.1 Å². The minimum atomic E-state index is -0.190. The van der Waals surface area contributed by atoms with Crippen molar-refractivity contribution in [2.75, 3.05) is 5.32 Å². The molecule has 2 N–H and O–H groups in total. The van der Waals surface area contributed by atoms with Gasteiger partial charge >= 0.3 is 0 Å². The Kier molecular flexibility index (Phi) is 2.80. The third-order valence-corrected chi connectivity index (χ3v) is 3.42. The highest BCUT2D eigenvalue weighted by molar-refractivity contribution is 9.10. The average Bonchev–Trinajstić information content (AvgIpc) is 2.39. The highest BCUT2D eigenvalue weighted by Crippen LogP contribution is 2.27. The van der Waals surface area contributed by atoms with E-state index in [0.717, 1.165) is 15.7 Å². The van der Waals surface area contributed by atoms with Crippen LogP contribution in [0.15, 0.2) is 53.0 Å². The number of hydrogen-bond donors (Lipinski definition) is 2. The fourth-order valence-corrected chi connectivity index (χ4v) is 2.48. The van der Waals surface area contributed by atoms with Gasteiger partial charge in [0.1, 0.15) is 6.17 Å². The molecule has 0 aromatic heterocycles. The normalized spacial score (nSPS) is 17.6. The fraction of sp³-hybridized carbons (Fsp3) is 0.0714. The van der Waals surface area contributed by atoms with Crippen LogP contribution in [0.25, 0.3) is 0 Å². The molecule has 0 saturated carbocycles. The van der Waals surface area contributed by atoms with Crippen LogP contribution in [0.2, 0.25) is 0 Å². The van der Waals surface area contributed by atoms with Gasteiger partial charge in [0.2, 0.25) is 0 Å². The van der Waals surface area contributed by atoms with E-state index < -0.39 is 0 Å². The summed E-state index contributed by atoms with van der Waals surface area (Å²) >= 11 is 3.44. The van der Waals surface area contributed by atoms with Gasteiger partial charge in [-0.15, -0.1) is 0 Å². The Labute approximate surface area is 113 Å². The maximum Gasteiger partial charge on any atom is 0.255 e. The van der Waals surface area contributed by atoms with Crippen LogP contribution >= 0.6 is 15.9 Å². The standard InChI is InChI=1S/C14H11BrN2O/c15-10-5-3-4-9(8-10)13-16-12-7-2-1-6-11(12)14(18)17-13/h1-8,13,16H,(H,17,18). The van der Waals surface area contributed by atoms with Crippen LogP contribution in [0.5, 0.6) is 0 Å². The molecule has 1 heterocycles. The molecule has 0 bridgehead atoms. The zero-order valence-electron chi connectivity index (χ0n) is 9.48. The first-order valence-electron chi connectivity index (χ1n) is 5.66. The molecule has 0 saturated heterocycles. The topological polar surface area (TPSA) is 41.1 Å². The number of amides is 1. The van der Waals surface area contributed by atoms with Gasteiger partial charge in [0, 0.05) is 10.2 Å². The van der Waals surface area contributed by atoms with Gasteiger partial charge in [0.25, 0.3) is 5.91 Å². The SMILES string of the molecule is O=C1NC(c2cccc(Br)c2)Nc2ccccc21. The summed E-state index contributed by atoms with van der Waals surface area (Å²) in [5, 5.41) is 6.26. The van der Waals surface area contributed by atoms with Gasteiger partial charge in [0.15, 0.2) is 0 Å². The predicted octanol–water partition coefficient (Wildman–Crippen LogP) is 3.30. The lowest BCUT2D eigenvalue weighted by Gasteiger charge is -2.28. The third kappa shape index (κ3) is 1.99. The Balaban J connectivity index is 1.97. The van der Waals surface area contributed by atoms with Crippen molar-refractivity contribution < 1.29 is 4.79 Å². The first-order valence-corrected chi connectivity index (χ1v) is 6.45. The molecule has 0 spiro atoms. The van der Waals surface area contributed by atoms with Crippen molar-refractivity contribution in [3.05, 3.63) is 64.1 Å². The maximum absolute atomic E-state index is 12.0. The molecule has 18 heavy (non-hydrogen) atoms. The monoisotopic (exact) mass is 302 g/mol. The minimum absolute atomic E-state index is 0.0469. The van der Waals surface area contributed by atoms with E-state index in [9.17, 15) is 4.79 Å². The molecule has 0 fully saturated rings. The van der Waals surface area contributed by atoms with Crippen molar-refractivity contribution in [3.8, 4) is 0 Å². The highest BCUT2D eigenvalue weighted by Gasteiger charge is 2.23. The lowest BCUT2D eigenvalue weighted by molar-refractivity contribution is 0.0935. The van der Waals surface area contributed by atoms with E-state index in [-0.39, 0.29) is 12.1 Å². The van der Waals surface area contributed by atoms with Crippen LogP contribution in [-0.2, 0) is 0 Å². The lowest BCUT2D eigenvalue weighted by atomic mass is 10.1. The van der Waals surface area contributed by atoms with Crippen LogP contribution in [-0.4, -0.2) is 5.91 Å². The Morgan fingerprint density at radius 3 is 2.67 bits per heavy atom. The predicted molar refractivity (Wildman–Crippen MR) is 74.4 cm³/mol. The number of carbonyl (C=O) groups excluding carboxylic acids is 1. The average molecular weight is 303 g/mol. The number of para-hydroxylation sites is 1. The van der Waals surface area contributed by atoms with Crippen LogP contribution in [0.3, 0.4) is 0 Å². The van der Waals surface area contributed by atoms with E-state index in [0.29, 0.717) is 5.56 Å². The molecule has 3 nitrogen and oxygen atoms in total. The number of fused-ring (bicyclic) bond motifs is 1. The van der Waals surface area contributed by atoms with Crippen LogP contribution < -0.4 is 10.6 Å². The molecule has 0 aliphatic carbocycles. The van der Waals surface area contributed by atoms with Gasteiger partial charge in [-0.05, 0) is 29.8 Å². The fourth-order valence-electron chi connectivity index (χ4n) is 2.06. The number of carbonyl (C=O) groups is 1. The number of rotatable bonds is 1. The molecule has 1 amide bonds. The van der Waals surface area contributed by atoms with Crippen molar-refractivity contribution in [2.24, 2.45) is 0 Å². The Bertz CT molecular complexity index is 612. The van der Waals surface area contributed by atoms with Gasteiger partial charge in [-0.25, -0.2) is 0 Å². The van der Waals surface area contributed by atoms with E-state index in [1.54, 1.807) is 0 Å². The largest absolute Gasteiger partial charge is 0.361 e. The summed E-state index contributed by atoms with van der Waals surface area (Å²) in [7, 11) is 0. The number of anilines is 1. The molecule has 2 aromatic rings. The molecular weight excluding hydrogens is 292 g/mol. The van der Waals surface area contributed by atoms with E-state index in [4.69, 9.17) is 0 Å². The van der Waals surface area contributed by atoms with E-state index >= 15 is 0 Å². The van der Waals surface area contributed by atoms with Gasteiger partial charge < -0.3 is 10.6 Å². The molecule has 3 rings (SSSR count). The zero-order chi connectivity index (χ0) is 12.5. The molecule has 2 aromatic carbocycles. The van der Waals surface area contributed by atoms with Gasteiger partial charge in [-0.3, -0.25) is 4.79 Å². The summed E-state index contributed by atoms with van der Waals surface area (Å²) in [6.45, 7) is 0. The third-order valence-electron chi connectivity index (χ3n) is 2.93. The summed E-state index contributed by atoms with van der Waals surface area (Å²) in [5.74, 6) is -0.0469. The number of nitrogens with one attached hydrogen (secondary N) is 2.